The molecule has 8 heteroatoms. The second kappa shape index (κ2) is 11.8. The summed E-state index contributed by atoms with van der Waals surface area (Å²) >= 11 is 0. The lowest BCUT2D eigenvalue weighted by Gasteiger charge is -2.37. The summed E-state index contributed by atoms with van der Waals surface area (Å²) in [4.78, 5) is 11.6. The van der Waals surface area contributed by atoms with Crippen molar-refractivity contribution in [1.82, 2.24) is 9.80 Å². The van der Waals surface area contributed by atoms with E-state index < -0.39 is 0 Å². The van der Waals surface area contributed by atoms with E-state index in [4.69, 9.17) is 10.5 Å². The average molecular weight is 505 g/mol. The summed E-state index contributed by atoms with van der Waals surface area (Å²) in [5.41, 5.74) is 7.31. The van der Waals surface area contributed by atoms with Crippen LogP contribution in [0.25, 0.3) is 0 Å². The number of guanidine groups is 1. The van der Waals surface area contributed by atoms with E-state index in [0.29, 0.717) is 11.9 Å². The number of anilines is 1. The lowest BCUT2D eigenvalue weighted by Crippen LogP contribution is -2.51. The number of nitrogens with two attached hydrogens (primary N) is 1. The van der Waals surface area contributed by atoms with Gasteiger partial charge in [0.15, 0.2) is 5.96 Å². The van der Waals surface area contributed by atoms with Crippen LogP contribution in [0, 0.1) is 11.7 Å². The predicted octanol–water partition coefficient (Wildman–Crippen LogP) is 2.24. The third-order valence-electron chi connectivity index (χ3n) is 5.63. The molecule has 2 aliphatic rings. The molecular weight excluding hydrogens is 472 g/mol. The highest BCUT2D eigenvalue weighted by molar-refractivity contribution is 14.0. The standard InChI is InChI=1S/C20H32FN5O.HI/c1-27-15-14-24-8-6-17(7-9-24)16-23-20(22)26-12-10-25(11-13-26)19-4-2-18(21)3-5-19;/h2-5,17H,6-16H2,1H3,(H2,22,23);1H. The van der Waals surface area contributed by atoms with Gasteiger partial charge in [0, 0.05) is 52.1 Å². The van der Waals surface area contributed by atoms with Gasteiger partial charge in [0.2, 0.25) is 0 Å². The third kappa shape index (κ3) is 6.73. The van der Waals surface area contributed by atoms with E-state index in [1.165, 1.54) is 25.0 Å². The van der Waals surface area contributed by atoms with E-state index in [0.717, 1.165) is 64.7 Å². The summed E-state index contributed by atoms with van der Waals surface area (Å²) in [6.45, 7) is 8.35. The number of piperazine rings is 1. The van der Waals surface area contributed by atoms with Gasteiger partial charge in [-0.05, 0) is 56.1 Å². The third-order valence-corrected chi connectivity index (χ3v) is 5.63. The average Bonchev–Trinajstić information content (AvgIpc) is 2.72. The fraction of sp³-hybridized carbons (Fsp3) is 0.650. The number of methoxy groups -OCH3 is 1. The smallest absolute Gasteiger partial charge is 0.191 e. The monoisotopic (exact) mass is 505 g/mol. The lowest BCUT2D eigenvalue weighted by molar-refractivity contribution is 0.121. The Hall–Kier alpha value is -1.13. The van der Waals surface area contributed by atoms with Crippen molar-refractivity contribution in [2.45, 2.75) is 12.8 Å². The fourth-order valence-electron chi connectivity index (χ4n) is 3.78. The summed E-state index contributed by atoms with van der Waals surface area (Å²) in [7, 11) is 1.75. The molecule has 158 valence electrons. The molecule has 2 N–H and O–H groups in total. The van der Waals surface area contributed by atoms with E-state index in [2.05, 4.69) is 19.7 Å². The molecule has 2 saturated heterocycles. The minimum atomic E-state index is -0.196. The zero-order valence-corrected chi connectivity index (χ0v) is 19.1. The summed E-state index contributed by atoms with van der Waals surface area (Å²) in [6.07, 6.45) is 2.36. The van der Waals surface area contributed by atoms with Crippen molar-refractivity contribution < 1.29 is 9.13 Å². The van der Waals surface area contributed by atoms with Crippen LogP contribution in [0.1, 0.15) is 12.8 Å². The number of rotatable bonds is 6. The van der Waals surface area contributed by atoms with Crippen molar-refractivity contribution in [3.8, 4) is 0 Å². The van der Waals surface area contributed by atoms with Crippen molar-refractivity contribution in [2.75, 3.05) is 71.0 Å². The van der Waals surface area contributed by atoms with Gasteiger partial charge in [0.05, 0.1) is 6.61 Å². The van der Waals surface area contributed by atoms with Gasteiger partial charge in [-0.3, -0.25) is 4.99 Å². The number of hydrogen-bond acceptors (Lipinski definition) is 4. The van der Waals surface area contributed by atoms with Crippen LogP contribution in [0.2, 0.25) is 0 Å². The largest absolute Gasteiger partial charge is 0.383 e. The van der Waals surface area contributed by atoms with Crippen molar-refractivity contribution in [2.24, 2.45) is 16.6 Å². The van der Waals surface area contributed by atoms with Crippen LogP contribution in [0.4, 0.5) is 10.1 Å². The topological polar surface area (TPSA) is 57.3 Å². The minimum Gasteiger partial charge on any atom is -0.383 e. The maximum atomic E-state index is 13.1. The Balaban J connectivity index is 0.00000280. The molecule has 6 nitrogen and oxygen atoms in total. The Morgan fingerprint density at radius 1 is 1.11 bits per heavy atom. The summed E-state index contributed by atoms with van der Waals surface area (Å²) in [6, 6.07) is 6.69. The summed E-state index contributed by atoms with van der Waals surface area (Å²) < 4.78 is 18.2. The van der Waals surface area contributed by atoms with Crippen molar-refractivity contribution in [3.05, 3.63) is 30.1 Å². The zero-order chi connectivity index (χ0) is 19.1. The Morgan fingerprint density at radius 3 is 2.36 bits per heavy atom. The second-order valence-electron chi connectivity index (χ2n) is 7.43. The number of aliphatic imine (C=N–C) groups is 1. The Kier molecular flexibility index (Phi) is 9.73. The highest BCUT2D eigenvalue weighted by atomic mass is 127. The Labute approximate surface area is 184 Å². The van der Waals surface area contributed by atoms with E-state index in [-0.39, 0.29) is 29.8 Å². The molecule has 0 unspecified atom stereocenters. The van der Waals surface area contributed by atoms with E-state index in [1.807, 2.05) is 12.1 Å². The number of benzene rings is 1. The van der Waals surface area contributed by atoms with Crippen LogP contribution < -0.4 is 10.6 Å². The van der Waals surface area contributed by atoms with Gasteiger partial charge in [0.25, 0.3) is 0 Å². The van der Waals surface area contributed by atoms with Gasteiger partial charge >= 0.3 is 0 Å². The number of nitrogens with zero attached hydrogens (tertiary/aromatic N) is 4. The molecule has 0 atom stereocenters. The van der Waals surface area contributed by atoms with Crippen LogP contribution >= 0.6 is 24.0 Å². The van der Waals surface area contributed by atoms with Gasteiger partial charge in [-0.15, -0.1) is 24.0 Å². The lowest BCUT2D eigenvalue weighted by atomic mass is 9.97. The number of halogens is 2. The molecule has 0 radical (unpaired) electrons. The first-order valence-corrected chi connectivity index (χ1v) is 9.92. The second-order valence-corrected chi connectivity index (χ2v) is 7.43. The van der Waals surface area contributed by atoms with Crippen molar-refractivity contribution >= 4 is 35.6 Å². The molecule has 3 rings (SSSR count). The molecule has 2 heterocycles. The normalized spacial score (nSPS) is 19.6. The zero-order valence-electron chi connectivity index (χ0n) is 16.7. The van der Waals surface area contributed by atoms with E-state index in [1.54, 1.807) is 7.11 Å². The van der Waals surface area contributed by atoms with Gasteiger partial charge in [0.1, 0.15) is 5.82 Å². The number of hydrogen-bond donors (Lipinski definition) is 1. The molecule has 0 bridgehead atoms. The first-order valence-electron chi connectivity index (χ1n) is 9.92. The van der Waals surface area contributed by atoms with Gasteiger partial charge < -0.3 is 25.2 Å². The molecule has 0 aromatic heterocycles. The van der Waals surface area contributed by atoms with Gasteiger partial charge in [-0.2, -0.15) is 0 Å². The highest BCUT2D eigenvalue weighted by Crippen LogP contribution is 2.18. The van der Waals surface area contributed by atoms with Gasteiger partial charge in [-0.25, -0.2) is 4.39 Å². The molecule has 2 aliphatic heterocycles. The molecule has 1 aromatic rings. The van der Waals surface area contributed by atoms with Crippen LogP contribution in [-0.4, -0.2) is 81.8 Å². The van der Waals surface area contributed by atoms with Crippen molar-refractivity contribution in [1.29, 1.82) is 0 Å². The first kappa shape index (κ1) is 23.2. The summed E-state index contributed by atoms with van der Waals surface area (Å²) in [5.74, 6) is 1.09. The van der Waals surface area contributed by atoms with Crippen LogP contribution in [0.3, 0.4) is 0 Å². The quantitative estimate of drug-likeness (QED) is 0.365. The Morgan fingerprint density at radius 2 is 1.75 bits per heavy atom. The maximum Gasteiger partial charge on any atom is 0.191 e. The van der Waals surface area contributed by atoms with E-state index >= 15 is 0 Å². The fourth-order valence-corrected chi connectivity index (χ4v) is 3.78. The molecule has 0 aliphatic carbocycles. The summed E-state index contributed by atoms with van der Waals surface area (Å²) in [5, 5.41) is 0. The predicted molar refractivity (Wildman–Crippen MR) is 123 cm³/mol. The SMILES string of the molecule is COCCN1CCC(CN=C(N)N2CCN(c3ccc(F)cc3)CC2)CC1.I. The number of likely N-dealkylation sites (tertiary alicyclic amines) is 1. The molecule has 28 heavy (non-hydrogen) atoms. The minimum absolute atomic E-state index is 0. The van der Waals surface area contributed by atoms with Crippen LogP contribution in [0.5, 0.6) is 0 Å². The van der Waals surface area contributed by atoms with E-state index in [9.17, 15) is 4.39 Å². The molecule has 0 saturated carbocycles. The van der Waals surface area contributed by atoms with Crippen molar-refractivity contribution in [3.63, 3.8) is 0 Å². The number of piperidine rings is 1. The van der Waals surface area contributed by atoms with Crippen LogP contribution in [-0.2, 0) is 4.74 Å². The maximum absolute atomic E-state index is 13.1. The van der Waals surface area contributed by atoms with Crippen LogP contribution in [0.15, 0.2) is 29.3 Å². The number of ether oxygens (including phenoxy) is 1. The molecule has 0 spiro atoms. The molecule has 1 aromatic carbocycles. The molecular formula is C20H33FIN5O. The Bertz CT molecular complexity index is 599. The van der Waals surface area contributed by atoms with Gasteiger partial charge in [-0.1, -0.05) is 0 Å². The highest BCUT2D eigenvalue weighted by Gasteiger charge is 2.21. The first-order chi connectivity index (χ1) is 13.2. The molecule has 0 amide bonds. The molecule has 2 fully saturated rings.